The highest BCUT2D eigenvalue weighted by Crippen LogP contribution is 2.36. The SMILES string of the molecule is O=C(Nc1nccs1)[C@@H](c1ccccc1)N1Cc2ccc(-c3cccc4cccnc34)cc2C1=O. The Labute approximate surface area is 205 Å². The smallest absolute Gasteiger partial charge is 0.255 e. The molecule has 6 nitrogen and oxygen atoms in total. The normalized spacial score (nSPS) is 13.6. The molecular formula is C28H20N4O2S. The van der Waals surface area contributed by atoms with E-state index in [1.54, 1.807) is 22.7 Å². The highest BCUT2D eigenvalue weighted by molar-refractivity contribution is 7.13. The third-order valence-corrected chi connectivity index (χ3v) is 6.91. The van der Waals surface area contributed by atoms with E-state index in [4.69, 9.17) is 0 Å². The molecular weight excluding hydrogens is 456 g/mol. The standard InChI is InChI=1S/C28H20N4O2S/c33-26(31-28-30-14-15-35-28)25(19-6-2-1-3-7-19)32-17-21-12-11-20(16-23(21)27(32)34)22-10-4-8-18-9-5-13-29-24(18)22/h1-16,25H,17H2,(H,30,31,33)/t25-/m1/s1. The molecule has 0 unspecified atom stereocenters. The number of fused-ring (bicyclic) bond motifs is 2. The molecule has 0 bridgehead atoms. The second kappa shape index (κ2) is 8.77. The van der Waals surface area contributed by atoms with E-state index in [0.29, 0.717) is 17.2 Å². The molecule has 1 aliphatic rings. The fraction of sp³-hybridized carbons (Fsp3) is 0.0714. The Hall–Kier alpha value is -4.36. The third kappa shape index (κ3) is 3.86. The predicted molar refractivity (Wildman–Crippen MR) is 137 cm³/mol. The van der Waals surface area contributed by atoms with Crippen molar-refractivity contribution in [2.75, 3.05) is 5.32 Å². The zero-order chi connectivity index (χ0) is 23.8. The number of carbonyl (C=O) groups excluding carboxylic acids is 2. The number of aromatic nitrogens is 2. The Balaban J connectivity index is 1.37. The van der Waals surface area contributed by atoms with Crippen molar-refractivity contribution in [1.29, 1.82) is 0 Å². The molecule has 35 heavy (non-hydrogen) atoms. The molecule has 0 aliphatic carbocycles. The Morgan fingerprint density at radius 3 is 2.60 bits per heavy atom. The van der Waals surface area contributed by atoms with Crippen molar-refractivity contribution < 1.29 is 9.59 Å². The van der Waals surface area contributed by atoms with E-state index in [1.807, 2.05) is 78.9 Å². The molecule has 0 saturated carbocycles. The molecule has 1 aliphatic heterocycles. The maximum absolute atomic E-state index is 13.7. The number of para-hydroxylation sites is 1. The van der Waals surface area contributed by atoms with Gasteiger partial charge in [-0.3, -0.25) is 19.9 Å². The van der Waals surface area contributed by atoms with Gasteiger partial charge in [0.05, 0.1) is 5.52 Å². The second-order valence-corrected chi connectivity index (χ2v) is 9.22. The molecule has 0 fully saturated rings. The van der Waals surface area contributed by atoms with Crippen LogP contribution >= 0.6 is 11.3 Å². The average molecular weight is 477 g/mol. The number of anilines is 1. The average Bonchev–Trinajstić information content (AvgIpc) is 3.52. The van der Waals surface area contributed by atoms with E-state index in [1.165, 1.54) is 11.3 Å². The summed E-state index contributed by atoms with van der Waals surface area (Å²) in [5.41, 5.74) is 5.04. The molecule has 7 heteroatoms. The van der Waals surface area contributed by atoms with Gasteiger partial charge < -0.3 is 4.90 Å². The fourth-order valence-corrected chi connectivity index (χ4v) is 5.14. The largest absolute Gasteiger partial charge is 0.318 e. The number of nitrogens with one attached hydrogen (secondary N) is 1. The van der Waals surface area contributed by atoms with Crippen LogP contribution in [0.3, 0.4) is 0 Å². The topological polar surface area (TPSA) is 75.2 Å². The third-order valence-electron chi connectivity index (χ3n) is 6.22. The van der Waals surface area contributed by atoms with E-state index >= 15 is 0 Å². The van der Waals surface area contributed by atoms with E-state index in [-0.39, 0.29) is 11.8 Å². The van der Waals surface area contributed by atoms with Gasteiger partial charge in [0.15, 0.2) is 5.13 Å². The van der Waals surface area contributed by atoms with Crippen LogP contribution in [0.1, 0.15) is 27.5 Å². The summed E-state index contributed by atoms with van der Waals surface area (Å²) in [6.07, 6.45) is 3.41. The Morgan fingerprint density at radius 1 is 0.914 bits per heavy atom. The number of carbonyl (C=O) groups is 2. The lowest BCUT2D eigenvalue weighted by molar-refractivity contribution is -0.120. The molecule has 1 N–H and O–H groups in total. The van der Waals surface area contributed by atoms with E-state index in [9.17, 15) is 9.59 Å². The summed E-state index contributed by atoms with van der Waals surface area (Å²) in [7, 11) is 0. The van der Waals surface area contributed by atoms with Crippen molar-refractivity contribution in [3.8, 4) is 11.1 Å². The first-order valence-electron chi connectivity index (χ1n) is 11.2. The second-order valence-electron chi connectivity index (χ2n) is 8.33. The van der Waals surface area contributed by atoms with Crippen LogP contribution in [0.4, 0.5) is 5.13 Å². The van der Waals surface area contributed by atoms with Gasteiger partial charge in [-0.1, -0.05) is 66.7 Å². The number of amides is 2. The first-order chi connectivity index (χ1) is 17.2. The van der Waals surface area contributed by atoms with Crippen LogP contribution in [0.25, 0.3) is 22.0 Å². The molecule has 2 amide bonds. The summed E-state index contributed by atoms with van der Waals surface area (Å²) in [5.74, 6) is -0.455. The van der Waals surface area contributed by atoms with Crippen LogP contribution < -0.4 is 5.32 Å². The lowest BCUT2D eigenvalue weighted by Crippen LogP contribution is -2.37. The van der Waals surface area contributed by atoms with Gasteiger partial charge in [-0.25, -0.2) is 4.98 Å². The molecule has 0 radical (unpaired) electrons. The molecule has 3 heterocycles. The molecule has 3 aromatic carbocycles. The first-order valence-corrected chi connectivity index (χ1v) is 12.1. The van der Waals surface area contributed by atoms with Crippen LogP contribution in [0, 0.1) is 0 Å². The minimum absolute atomic E-state index is 0.168. The summed E-state index contributed by atoms with van der Waals surface area (Å²) in [6, 6.07) is 24.5. The summed E-state index contributed by atoms with van der Waals surface area (Å²) in [6.45, 7) is 0.354. The summed E-state index contributed by atoms with van der Waals surface area (Å²) >= 11 is 1.34. The minimum Gasteiger partial charge on any atom is -0.318 e. The zero-order valence-corrected chi connectivity index (χ0v) is 19.4. The van der Waals surface area contributed by atoms with Gasteiger partial charge in [0.1, 0.15) is 6.04 Å². The maximum atomic E-state index is 13.7. The van der Waals surface area contributed by atoms with Crippen molar-refractivity contribution >= 4 is 39.2 Å². The van der Waals surface area contributed by atoms with Crippen LogP contribution in [0.15, 0.2) is 96.6 Å². The first kappa shape index (κ1) is 21.2. The van der Waals surface area contributed by atoms with Gasteiger partial charge in [0.25, 0.3) is 11.8 Å². The van der Waals surface area contributed by atoms with Gasteiger partial charge in [-0.2, -0.15) is 0 Å². The van der Waals surface area contributed by atoms with Crippen LogP contribution in [0.5, 0.6) is 0 Å². The fourth-order valence-electron chi connectivity index (χ4n) is 4.60. The van der Waals surface area contributed by atoms with Crippen molar-refractivity contribution in [2.24, 2.45) is 0 Å². The monoisotopic (exact) mass is 476 g/mol. The number of pyridine rings is 1. The molecule has 170 valence electrons. The van der Waals surface area contributed by atoms with Crippen molar-refractivity contribution in [2.45, 2.75) is 12.6 Å². The van der Waals surface area contributed by atoms with Gasteiger partial charge in [0, 0.05) is 40.8 Å². The summed E-state index contributed by atoms with van der Waals surface area (Å²) < 4.78 is 0. The van der Waals surface area contributed by atoms with Gasteiger partial charge in [0.2, 0.25) is 0 Å². The molecule has 5 aromatic rings. The predicted octanol–water partition coefficient (Wildman–Crippen LogP) is 5.69. The van der Waals surface area contributed by atoms with Crippen molar-refractivity contribution in [3.05, 3.63) is 113 Å². The Morgan fingerprint density at radius 2 is 1.77 bits per heavy atom. The van der Waals surface area contributed by atoms with Crippen LogP contribution in [-0.4, -0.2) is 26.7 Å². The van der Waals surface area contributed by atoms with Gasteiger partial charge in [-0.05, 0) is 28.8 Å². The number of hydrogen-bond donors (Lipinski definition) is 1. The number of rotatable bonds is 5. The van der Waals surface area contributed by atoms with E-state index < -0.39 is 6.04 Å². The molecule has 2 aromatic heterocycles. The van der Waals surface area contributed by atoms with Crippen LogP contribution in [0.2, 0.25) is 0 Å². The summed E-state index contributed by atoms with van der Waals surface area (Å²) in [5, 5.41) is 6.22. The molecule has 0 saturated heterocycles. The molecule has 0 spiro atoms. The number of thiazole rings is 1. The zero-order valence-electron chi connectivity index (χ0n) is 18.6. The van der Waals surface area contributed by atoms with E-state index in [2.05, 4.69) is 15.3 Å². The van der Waals surface area contributed by atoms with Crippen LogP contribution in [-0.2, 0) is 11.3 Å². The highest BCUT2D eigenvalue weighted by Gasteiger charge is 2.37. The van der Waals surface area contributed by atoms with Gasteiger partial charge >= 0.3 is 0 Å². The minimum atomic E-state index is -0.775. The molecule has 1 atom stereocenters. The van der Waals surface area contributed by atoms with E-state index in [0.717, 1.165) is 33.2 Å². The Kier molecular flexibility index (Phi) is 5.31. The summed E-state index contributed by atoms with van der Waals surface area (Å²) in [4.78, 5) is 37.4. The number of nitrogens with zero attached hydrogens (tertiary/aromatic N) is 3. The van der Waals surface area contributed by atoms with Gasteiger partial charge in [-0.15, -0.1) is 11.3 Å². The number of benzene rings is 3. The quantitative estimate of drug-likeness (QED) is 0.353. The van der Waals surface area contributed by atoms with Crippen molar-refractivity contribution in [3.63, 3.8) is 0 Å². The van der Waals surface area contributed by atoms with Crippen molar-refractivity contribution in [1.82, 2.24) is 14.9 Å². The molecule has 6 rings (SSSR count). The Bertz CT molecular complexity index is 1550. The maximum Gasteiger partial charge on any atom is 0.255 e. The lowest BCUT2D eigenvalue weighted by Gasteiger charge is -2.27. The number of hydrogen-bond acceptors (Lipinski definition) is 5. The lowest BCUT2D eigenvalue weighted by atomic mass is 9.98. The highest BCUT2D eigenvalue weighted by atomic mass is 32.1.